The summed E-state index contributed by atoms with van der Waals surface area (Å²) in [6.07, 6.45) is 0.344. The van der Waals surface area contributed by atoms with E-state index < -0.39 is 17.4 Å². The number of aromatic nitrogens is 2. The molecule has 3 aromatic carbocycles. The third kappa shape index (κ3) is 9.29. The van der Waals surface area contributed by atoms with Crippen LogP contribution in [0, 0.1) is 5.41 Å². The maximum Gasteiger partial charge on any atom is 0.432 e. The van der Waals surface area contributed by atoms with Gasteiger partial charge < -0.3 is 20.5 Å². The Hall–Kier alpha value is -4.92. The van der Waals surface area contributed by atoms with Crippen LogP contribution in [0.15, 0.2) is 66.9 Å². The van der Waals surface area contributed by atoms with Crippen molar-refractivity contribution in [3.8, 4) is 22.6 Å². The normalized spacial score (nSPS) is 12.7. The summed E-state index contributed by atoms with van der Waals surface area (Å²) in [4.78, 5) is 38.4. The molecule has 0 radical (unpaired) electrons. The number of amides is 2. The Kier molecular flexibility index (Phi) is 12.1. The van der Waals surface area contributed by atoms with E-state index in [1.807, 2.05) is 77.9 Å². The van der Waals surface area contributed by atoms with Crippen molar-refractivity contribution >= 4 is 23.6 Å². The van der Waals surface area contributed by atoms with Crippen LogP contribution in [-0.4, -0.2) is 39.3 Å². The zero-order valence-electron chi connectivity index (χ0n) is 32.8. The summed E-state index contributed by atoms with van der Waals surface area (Å²) in [5.41, 5.74) is 6.31. The van der Waals surface area contributed by atoms with E-state index >= 15 is 0 Å². The number of carbonyl (C=O) groups is 3. The first-order valence-electron chi connectivity index (χ1n) is 18.2. The Morgan fingerprint density at radius 1 is 0.788 bits per heavy atom. The number of carboxylic acid groups (broad SMARTS) is 1. The molecule has 1 heterocycles. The van der Waals surface area contributed by atoms with Crippen LogP contribution in [0.5, 0.6) is 11.5 Å². The Labute approximate surface area is 309 Å². The summed E-state index contributed by atoms with van der Waals surface area (Å²) in [6.45, 7) is 24.8. The lowest BCUT2D eigenvalue weighted by atomic mass is 9.83. The first kappa shape index (κ1) is 39.9. The second kappa shape index (κ2) is 15.8. The summed E-state index contributed by atoms with van der Waals surface area (Å²) in [5, 5.41) is 19.8. The summed E-state index contributed by atoms with van der Waals surface area (Å²) >= 11 is 0. The molecule has 0 fully saturated rings. The standard InChI is InChI=1S/C43H56N4O5/c1-25(2)32-21-22-35(37(27(5)6)36(32)26(3)4)52-31-19-15-28(16-20-31)33(23-44-40(49)43(10,11)12)39(48)45-30-17-13-29(14-18-30)34-24-47(41(50)51)46-38(34)42(7,8)9/h13-22,24-27,33H,23H2,1-12H3,(H,44,49)(H,45,48)(H,50,51). The van der Waals surface area contributed by atoms with Gasteiger partial charge in [0.25, 0.3) is 0 Å². The first-order valence-corrected chi connectivity index (χ1v) is 18.2. The molecule has 0 saturated carbocycles. The molecular formula is C43H56N4O5. The van der Waals surface area contributed by atoms with Crippen molar-refractivity contribution in [1.29, 1.82) is 0 Å². The van der Waals surface area contributed by atoms with Crippen LogP contribution in [-0.2, 0) is 15.0 Å². The highest BCUT2D eigenvalue weighted by molar-refractivity contribution is 5.97. The number of nitrogens with one attached hydrogen (secondary N) is 2. The lowest BCUT2D eigenvalue weighted by Gasteiger charge is -2.25. The van der Waals surface area contributed by atoms with E-state index in [-0.39, 0.29) is 29.7 Å². The van der Waals surface area contributed by atoms with E-state index in [0.717, 1.165) is 21.6 Å². The third-order valence-electron chi connectivity index (χ3n) is 9.12. The minimum absolute atomic E-state index is 0.107. The van der Waals surface area contributed by atoms with E-state index in [9.17, 15) is 19.5 Å². The number of ether oxygens (including phenoxy) is 1. The van der Waals surface area contributed by atoms with Crippen LogP contribution < -0.4 is 15.4 Å². The highest BCUT2D eigenvalue weighted by Crippen LogP contribution is 2.41. The smallest absolute Gasteiger partial charge is 0.432 e. The first-order chi connectivity index (χ1) is 24.2. The maximum atomic E-state index is 13.9. The predicted octanol–water partition coefficient (Wildman–Crippen LogP) is 10.4. The van der Waals surface area contributed by atoms with Crippen molar-refractivity contribution < 1.29 is 24.2 Å². The highest BCUT2D eigenvalue weighted by Gasteiger charge is 2.28. The van der Waals surface area contributed by atoms with Gasteiger partial charge in [-0.25, -0.2) is 4.79 Å². The van der Waals surface area contributed by atoms with Crippen molar-refractivity contribution in [3.05, 3.63) is 94.8 Å². The van der Waals surface area contributed by atoms with Gasteiger partial charge in [0.2, 0.25) is 11.8 Å². The van der Waals surface area contributed by atoms with Gasteiger partial charge in [-0.15, -0.1) is 0 Å². The molecule has 4 aromatic rings. The minimum atomic E-state index is -1.16. The Bertz CT molecular complexity index is 1890. The average Bonchev–Trinajstić information content (AvgIpc) is 3.52. The molecular weight excluding hydrogens is 652 g/mol. The molecule has 1 aromatic heterocycles. The molecule has 9 heteroatoms. The molecule has 2 amide bonds. The molecule has 52 heavy (non-hydrogen) atoms. The molecule has 278 valence electrons. The lowest BCUT2D eigenvalue weighted by Crippen LogP contribution is -2.39. The minimum Gasteiger partial charge on any atom is -0.463 e. The maximum absolute atomic E-state index is 13.9. The molecule has 3 N–H and O–H groups in total. The molecule has 1 unspecified atom stereocenters. The Morgan fingerprint density at radius 2 is 1.38 bits per heavy atom. The van der Waals surface area contributed by atoms with E-state index in [1.165, 1.54) is 22.9 Å². The van der Waals surface area contributed by atoms with Gasteiger partial charge in [-0.05, 0) is 70.3 Å². The number of hydrogen-bond donors (Lipinski definition) is 3. The summed E-state index contributed by atoms with van der Waals surface area (Å²) in [6, 6.07) is 19.0. The number of hydrogen-bond acceptors (Lipinski definition) is 5. The molecule has 0 spiro atoms. The van der Waals surface area contributed by atoms with Gasteiger partial charge in [-0.3, -0.25) is 9.59 Å². The topological polar surface area (TPSA) is 123 Å². The predicted molar refractivity (Wildman–Crippen MR) is 209 cm³/mol. The van der Waals surface area contributed by atoms with Crippen LogP contribution in [0.4, 0.5) is 10.5 Å². The van der Waals surface area contributed by atoms with Gasteiger partial charge >= 0.3 is 6.09 Å². The van der Waals surface area contributed by atoms with E-state index in [1.54, 1.807) is 12.1 Å². The van der Waals surface area contributed by atoms with Gasteiger partial charge in [0.05, 0.1) is 11.6 Å². The lowest BCUT2D eigenvalue weighted by molar-refractivity contribution is -0.128. The van der Waals surface area contributed by atoms with Crippen molar-refractivity contribution in [3.63, 3.8) is 0 Å². The molecule has 0 aliphatic carbocycles. The fourth-order valence-electron chi connectivity index (χ4n) is 6.38. The molecule has 0 aliphatic heterocycles. The Balaban J connectivity index is 1.62. The van der Waals surface area contributed by atoms with Crippen LogP contribution in [0.25, 0.3) is 11.1 Å². The third-order valence-corrected chi connectivity index (χ3v) is 9.12. The Morgan fingerprint density at radius 3 is 1.88 bits per heavy atom. The highest BCUT2D eigenvalue weighted by atomic mass is 16.5. The molecule has 1 atom stereocenters. The van der Waals surface area contributed by atoms with E-state index in [2.05, 4.69) is 69.4 Å². The van der Waals surface area contributed by atoms with Crippen LogP contribution >= 0.6 is 0 Å². The van der Waals surface area contributed by atoms with Gasteiger partial charge in [0.15, 0.2) is 0 Å². The van der Waals surface area contributed by atoms with Crippen LogP contribution in [0.2, 0.25) is 0 Å². The number of carbonyl (C=O) groups excluding carboxylic acids is 2. The molecule has 9 nitrogen and oxygen atoms in total. The van der Waals surface area contributed by atoms with Crippen LogP contribution in [0.3, 0.4) is 0 Å². The second-order valence-electron chi connectivity index (χ2n) is 16.6. The fraction of sp³-hybridized carbons (Fsp3) is 0.442. The van der Waals surface area contributed by atoms with Gasteiger partial charge in [0.1, 0.15) is 11.5 Å². The molecule has 0 saturated heterocycles. The zero-order chi connectivity index (χ0) is 38.7. The average molecular weight is 709 g/mol. The second-order valence-corrected chi connectivity index (χ2v) is 16.6. The van der Waals surface area contributed by atoms with Crippen LogP contribution in [0.1, 0.15) is 135 Å². The summed E-state index contributed by atoms with van der Waals surface area (Å²) < 4.78 is 7.44. The number of anilines is 1. The molecule has 0 aliphatic rings. The van der Waals surface area contributed by atoms with Crippen molar-refractivity contribution in [2.45, 2.75) is 112 Å². The van der Waals surface area contributed by atoms with Crippen molar-refractivity contribution in [1.82, 2.24) is 15.1 Å². The van der Waals surface area contributed by atoms with E-state index in [0.29, 0.717) is 34.5 Å². The number of nitrogens with zero attached hydrogens (tertiary/aromatic N) is 2. The zero-order valence-corrected chi connectivity index (χ0v) is 32.8. The molecule has 4 rings (SSSR count). The fourth-order valence-corrected chi connectivity index (χ4v) is 6.38. The van der Waals surface area contributed by atoms with Crippen molar-refractivity contribution in [2.24, 2.45) is 5.41 Å². The van der Waals surface area contributed by atoms with Gasteiger partial charge in [-0.1, -0.05) is 113 Å². The summed E-state index contributed by atoms with van der Waals surface area (Å²) in [5.74, 6) is 1.37. The van der Waals surface area contributed by atoms with Crippen molar-refractivity contribution in [2.75, 3.05) is 11.9 Å². The monoisotopic (exact) mass is 708 g/mol. The van der Waals surface area contributed by atoms with E-state index in [4.69, 9.17) is 4.74 Å². The SMILES string of the molecule is CC(C)c1ccc(Oc2ccc(C(CNC(=O)C(C)(C)C)C(=O)Nc3ccc(-c4cn(C(=O)O)nc4C(C)(C)C)cc3)cc2)c(C(C)C)c1C(C)C. The quantitative estimate of drug-likeness (QED) is 0.143. The number of rotatable bonds is 11. The largest absolute Gasteiger partial charge is 0.463 e. The van der Waals surface area contributed by atoms with Gasteiger partial charge in [0, 0.05) is 40.4 Å². The molecule has 0 bridgehead atoms. The number of benzene rings is 3. The summed E-state index contributed by atoms with van der Waals surface area (Å²) in [7, 11) is 0. The van der Waals surface area contributed by atoms with Gasteiger partial charge in [-0.2, -0.15) is 9.78 Å².